The lowest BCUT2D eigenvalue weighted by Gasteiger charge is -1.98. The molecule has 9 heteroatoms. The average Bonchev–Trinajstić information content (AvgIpc) is 2.44. The first kappa shape index (κ1) is 14.7. The van der Waals surface area contributed by atoms with Crippen LogP contribution in [0.4, 0.5) is 0 Å². The van der Waals surface area contributed by atoms with Crippen molar-refractivity contribution in [1.82, 2.24) is 20.6 Å². The van der Waals surface area contributed by atoms with Gasteiger partial charge in [-0.2, -0.15) is 10.2 Å². The van der Waals surface area contributed by atoms with Crippen LogP contribution in [0.2, 0.25) is 5.02 Å². The fourth-order valence-corrected chi connectivity index (χ4v) is 1.54. The molecule has 1 amide bonds. The molecule has 0 aliphatic carbocycles. The predicted molar refractivity (Wildman–Crippen MR) is 76.4 cm³/mol. The van der Waals surface area contributed by atoms with Crippen molar-refractivity contribution in [3.63, 3.8) is 0 Å². The maximum Gasteiger partial charge on any atom is 0.342 e. The van der Waals surface area contributed by atoms with Gasteiger partial charge in [0.1, 0.15) is 5.69 Å². The summed E-state index contributed by atoms with van der Waals surface area (Å²) in [7, 11) is 0. The zero-order valence-electron chi connectivity index (χ0n) is 10.6. The van der Waals surface area contributed by atoms with E-state index in [1.807, 2.05) is 10.1 Å². The summed E-state index contributed by atoms with van der Waals surface area (Å²) in [6.45, 7) is 0. The fraction of sp³-hybridized carbons (Fsp3) is 0.0833. The maximum absolute atomic E-state index is 11.6. The van der Waals surface area contributed by atoms with Gasteiger partial charge in [-0.15, -0.1) is 0 Å². The van der Waals surface area contributed by atoms with E-state index in [1.54, 1.807) is 24.3 Å². The Morgan fingerprint density at radius 2 is 2.05 bits per heavy atom. The van der Waals surface area contributed by atoms with Crippen LogP contribution in [-0.4, -0.2) is 27.3 Å². The molecule has 0 saturated heterocycles. The van der Waals surface area contributed by atoms with Crippen molar-refractivity contribution in [2.45, 2.75) is 6.42 Å². The van der Waals surface area contributed by atoms with E-state index in [-0.39, 0.29) is 12.1 Å². The molecule has 0 spiro atoms. The van der Waals surface area contributed by atoms with Gasteiger partial charge in [0.05, 0.1) is 12.6 Å². The zero-order chi connectivity index (χ0) is 15.2. The number of amides is 1. The summed E-state index contributed by atoms with van der Waals surface area (Å²) >= 11 is 5.73. The van der Waals surface area contributed by atoms with Gasteiger partial charge in [-0.25, -0.2) is 15.3 Å². The molecule has 108 valence electrons. The number of nitrogens with zero attached hydrogens (tertiary/aromatic N) is 2. The van der Waals surface area contributed by atoms with Crippen molar-refractivity contribution in [3.8, 4) is 0 Å². The molecule has 0 fully saturated rings. The maximum atomic E-state index is 11.6. The zero-order valence-corrected chi connectivity index (χ0v) is 11.3. The van der Waals surface area contributed by atoms with Crippen molar-refractivity contribution in [2.75, 3.05) is 0 Å². The molecule has 0 atom stereocenters. The third-order valence-electron chi connectivity index (χ3n) is 2.38. The van der Waals surface area contributed by atoms with E-state index >= 15 is 0 Å². The van der Waals surface area contributed by atoms with E-state index in [9.17, 15) is 14.4 Å². The SMILES string of the molecule is O=C(Cc1n[nH]c(=O)[nH]c1=O)NN=Cc1ccc(Cl)cc1. The summed E-state index contributed by atoms with van der Waals surface area (Å²) in [6, 6.07) is 6.83. The number of hydrogen-bond acceptors (Lipinski definition) is 5. The average molecular weight is 308 g/mol. The van der Waals surface area contributed by atoms with Gasteiger partial charge in [0.15, 0.2) is 0 Å². The van der Waals surface area contributed by atoms with E-state index in [2.05, 4.69) is 15.6 Å². The number of carbonyl (C=O) groups is 1. The predicted octanol–water partition coefficient (Wildman–Crippen LogP) is -0.196. The lowest BCUT2D eigenvalue weighted by atomic mass is 10.2. The van der Waals surface area contributed by atoms with Crippen molar-refractivity contribution in [1.29, 1.82) is 0 Å². The van der Waals surface area contributed by atoms with Crippen LogP contribution < -0.4 is 16.7 Å². The van der Waals surface area contributed by atoms with Crippen LogP contribution in [0.3, 0.4) is 0 Å². The molecule has 1 aromatic heterocycles. The molecule has 0 unspecified atom stereocenters. The van der Waals surface area contributed by atoms with Crippen molar-refractivity contribution in [2.24, 2.45) is 5.10 Å². The second kappa shape index (κ2) is 6.62. The topological polar surface area (TPSA) is 120 Å². The summed E-state index contributed by atoms with van der Waals surface area (Å²) < 4.78 is 0. The number of aromatic nitrogens is 3. The van der Waals surface area contributed by atoms with Gasteiger partial charge in [0, 0.05) is 5.02 Å². The Hall–Kier alpha value is -2.74. The number of rotatable bonds is 4. The smallest absolute Gasteiger partial charge is 0.273 e. The van der Waals surface area contributed by atoms with Crippen LogP contribution in [0, 0.1) is 0 Å². The molecule has 1 heterocycles. The van der Waals surface area contributed by atoms with Gasteiger partial charge in [0.2, 0.25) is 5.91 Å². The number of H-pyrrole nitrogens is 2. The first-order valence-corrected chi connectivity index (χ1v) is 6.18. The molecule has 2 rings (SSSR count). The van der Waals surface area contributed by atoms with E-state index in [4.69, 9.17) is 11.6 Å². The van der Waals surface area contributed by atoms with Gasteiger partial charge in [-0.1, -0.05) is 23.7 Å². The molecule has 0 saturated carbocycles. The molecule has 0 aliphatic heterocycles. The molecular formula is C12H10ClN5O3. The van der Waals surface area contributed by atoms with Crippen molar-refractivity contribution >= 4 is 23.7 Å². The third kappa shape index (κ3) is 4.39. The van der Waals surface area contributed by atoms with Crippen LogP contribution in [0.1, 0.15) is 11.3 Å². The Morgan fingerprint density at radius 1 is 1.33 bits per heavy atom. The standard InChI is InChI=1S/C12H10ClN5O3/c13-8-3-1-7(2-4-8)6-14-17-10(19)5-9-11(20)15-12(21)18-16-9/h1-4,6H,5H2,(H,17,19)(H2,15,18,20,21). The summed E-state index contributed by atoms with van der Waals surface area (Å²) in [5, 5.41) is 9.86. The molecule has 0 aliphatic rings. The quantitative estimate of drug-likeness (QED) is 0.535. The Bertz CT molecular complexity index is 778. The highest BCUT2D eigenvalue weighted by atomic mass is 35.5. The second-order valence-corrected chi connectivity index (χ2v) is 4.41. The monoisotopic (exact) mass is 307 g/mol. The van der Waals surface area contributed by atoms with Gasteiger partial charge >= 0.3 is 5.69 Å². The Labute approximate surface area is 122 Å². The second-order valence-electron chi connectivity index (χ2n) is 3.98. The van der Waals surface area contributed by atoms with Gasteiger partial charge in [0.25, 0.3) is 5.56 Å². The number of carbonyl (C=O) groups excluding carboxylic acids is 1. The van der Waals surface area contributed by atoms with Gasteiger partial charge in [-0.3, -0.25) is 14.6 Å². The first-order valence-electron chi connectivity index (χ1n) is 5.80. The fourth-order valence-electron chi connectivity index (χ4n) is 1.41. The number of hydrogen-bond donors (Lipinski definition) is 3. The van der Waals surface area contributed by atoms with E-state index in [0.717, 1.165) is 5.56 Å². The van der Waals surface area contributed by atoms with Crippen molar-refractivity contribution < 1.29 is 4.79 Å². The molecule has 3 N–H and O–H groups in total. The lowest BCUT2D eigenvalue weighted by molar-refractivity contribution is -0.120. The third-order valence-corrected chi connectivity index (χ3v) is 2.63. The van der Waals surface area contributed by atoms with E-state index < -0.39 is 17.2 Å². The van der Waals surface area contributed by atoms with Crippen LogP contribution in [-0.2, 0) is 11.2 Å². The number of aromatic amines is 2. The van der Waals surface area contributed by atoms with E-state index in [0.29, 0.717) is 5.02 Å². The molecular weight excluding hydrogens is 298 g/mol. The van der Waals surface area contributed by atoms with Gasteiger partial charge < -0.3 is 0 Å². The highest BCUT2D eigenvalue weighted by Crippen LogP contribution is 2.07. The summed E-state index contributed by atoms with van der Waals surface area (Å²) in [5.74, 6) is -0.537. The Balaban J connectivity index is 1.94. The lowest BCUT2D eigenvalue weighted by Crippen LogP contribution is -2.31. The molecule has 21 heavy (non-hydrogen) atoms. The molecule has 0 bridgehead atoms. The summed E-state index contributed by atoms with van der Waals surface area (Å²) in [6.07, 6.45) is 1.13. The summed E-state index contributed by atoms with van der Waals surface area (Å²) in [4.78, 5) is 35.6. The van der Waals surface area contributed by atoms with Crippen molar-refractivity contribution in [3.05, 3.63) is 61.4 Å². The minimum Gasteiger partial charge on any atom is -0.273 e. The normalized spacial score (nSPS) is 10.7. The highest BCUT2D eigenvalue weighted by Gasteiger charge is 2.08. The van der Waals surface area contributed by atoms with Crippen LogP contribution in [0.25, 0.3) is 0 Å². The number of hydrazone groups is 1. The first-order chi connectivity index (χ1) is 10.0. The molecule has 2 aromatic rings. The molecule has 0 radical (unpaired) electrons. The van der Waals surface area contributed by atoms with Crippen LogP contribution in [0.15, 0.2) is 39.0 Å². The number of benzene rings is 1. The minimum atomic E-state index is -0.732. The number of halogens is 1. The Kier molecular flexibility index (Phi) is 4.62. The highest BCUT2D eigenvalue weighted by molar-refractivity contribution is 6.30. The molecule has 8 nitrogen and oxygen atoms in total. The summed E-state index contributed by atoms with van der Waals surface area (Å²) in [5.41, 5.74) is 1.45. The van der Waals surface area contributed by atoms with Crippen LogP contribution >= 0.6 is 11.6 Å². The van der Waals surface area contributed by atoms with E-state index in [1.165, 1.54) is 6.21 Å². The Morgan fingerprint density at radius 3 is 2.71 bits per heavy atom. The van der Waals surface area contributed by atoms with Gasteiger partial charge in [-0.05, 0) is 17.7 Å². The molecule has 1 aromatic carbocycles. The number of nitrogens with one attached hydrogen (secondary N) is 3. The minimum absolute atomic E-state index is 0.103. The van der Waals surface area contributed by atoms with Crippen LogP contribution in [0.5, 0.6) is 0 Å². The largest absolute Gasteiger partial charge is 0.342 e.